The van der Waals surface area contributed by atoms with E-state index >= 15 is 0 Å². The lowest BCUT2D eigenvalue weighted by molar-refractivity contribution is -0.380. The third-order valence-corrected chi connectivity index (χ3v) is 3.62. The Labute approximate surface area is 111 Å². The van der Waals surface area contributed by atoms with Crippen LogP contribution in [0.4, 0.5) is 5.00 Å². The maximum Gasteiger partial charge on any atom is 0.324 e. The van der Waals surface area contributed by atoms with Crippen LogP contribution in [-0.2, 0) is 11.3 Å². The predicted octanol–water partition coefficient (Wildman–Crippen LogP) is 2.81. The van der Waals surface area contributed by atoms with Gasteiger partial charge in [0.05, 0.1) is 11.5 Å². The SMILES string of the molecule is CCOCC(NCc1csc([N+](=O)[O-])c1)C(C)C. The van der Waals surface area contributed by atoms with Gasteiger partial charge in [-0.15, -0.1) is 0 Å². The van der Waals surface area contributed by atoms with Gasteiger partial charge in [0.15, 0.2) is 0 Å². The second-order valence-electron chi connectivity index (χ2n) is 4.44. The zero-order valence-corrected chi connectivity index (χ0v) is 11.8. The van der Waals surface area contributed by atoms with E-state index in [1.807, 2.05) is 12.3 Å². The third kappa shape index (κ3) is 4.72. The standard InChI is InChI=1S/C12H20N2O3S/c1-4-17-7-11(9(2)3)13-6-10-5-12(14(15)16)18-8-10/h5,8-9,11,13H,4,6-7H2,1-3H3. The van der Waals surface area contributed by atoms with Crippen LogP contribution in [0.3, 0.4) is 0 Å². The highest BCUT2D eigenvalue weighted by molar-refractivity contribution is 7.13. The number of hydrogen-bond donors (Lipinski definition) is 1. The van der Waals surface area contributed by atoms with Gasteiger partial charge in [-0.3, -0.25) is 10.1 Å². The summed E-state index contributed by atoms with van der Waals surface area (Å²) in [5, 5.41) is 16.0. The van der Waals surface area contributed by atoms with Gasteiger partial charge < -0.3 is 10.1 Å². The topological polar surface area (TPSA) is 64.4 Å². The van der Waals surface area contributed by atoms with E-state index in [1.54, 1.807) is 6.07 Å². The number of nitro groups is 1. The molecule has 0 bridgehead atoms. The molecule has 0 aliphatic carbocycles. The summed E-state index contributed by atoms with van der Waals surface area (Å²) in [6.45, 7) is 8.24. The molecule has 0 aliphatic rings. The molecule has 0 radical (unpaired) electrons. The van der Waals surface area contributed by atoms with E-state index in [1.165, 1.54) is 11.3 Å². The maximum atomic E-state index is 10.6. The molecule has 0 saturated heterocycles. The van der Waals surface area contributed by atoms with Crippen molar-refractivity contribution < 1.29 is 9.66 Å². The fourth-order valence-electron chi connectivity index (χ4n) is 1.53. The summed E-state index contributed by atoms with van der Waals surface area (Å²) < 4.78 is 5.42. The summed E-state index contributed by atoms with van der Waals surface area (Å²) in [4.78, 5) is 10.2. The van der Waals surface area contributed by atoms with Crippen LogP contribution in [0.2, 0.25) is 0 Å². The highest BCUT2D eigenvalue weighted by atomic mass is 32.1. The summed E-state index contributed by atoms with van der Waals surface area (Å²) in [5.74, 6) is 0.463. The second kappa shape index (κ2) is 7.45. The average molecular weight is 272 g/mol. The Balaban J connectivity index is 2.47. The van der Waals surface area contributed by atoms with Crippen LogP contribution in [0, 0.1) is 16.0 Å². The Morgan fingerprint density at radius 1 is 1.56 bits per heavy atom. The molecule has 0 aliphatic heterocycles. The summed E-state index contributed by atoms with van der Waals surface area (Å²) in [6, 6.07) is 1.89. The Morgan fingerprint density at radius 2 is 2.28 bits per heavy atom. The molecule has 102 valence electrons. The lowest BCUT2D eigenvalue weighted by Gasteiger charge is -2.21. The van der Waals surface area contributed by atoms with Crippen molar-refractivity contribution in [3.8, 4) is 0 Å². The molecule has 6 heteroatoms. The largest absolute Gasteiger partial charge is 0.380 e. The Morgan fingerprint density at radius 3 is 2.78 bits per heavy atom. The molecule has 1 atom stereocenters. The molecule has 18 heavy (non-hydrogen) atoms. The molecule has 1 unspecified atom stereocenters. The quantitative estimate of drug-likeness (QED) is 0.584. The van der Waals surface area contributed by atoms with Gasteiger partial charge in [0, 0.05) is 30.6 Å². The summed E-state index contributed by atoms with van der Waals surface area (Å²) in [5.41, 5.74) is 0.953. The summed E-state index contributed by atoms with van der Waals surface area (Å²) in [6.07, 6.45) is 0. The third-order valence-electron chi connectivity index (χ3n) is 2.69. The molecular formula is C12H20N2O3S. The lowest BCUT2D eigenvalue weighted by atomic mass is 10.1. The van der Waals surface area contributed by atoms with Crippen molar-refractivity contribution in [2.75, 3.05) is 13.2 Å². The van der Waals surface area contributed by atoms with E-state index < -0.39 is 0 Å². The predicted molar refractivity (Wildman–Crippen MR) is 72.9 cm³/mol. The molecule has 1 N–H and O–H groups in total. The van der Waals surface area contributed by atoms with Crippen molar-refractivity contribution in [2.45, 2.75) is 33.4 Å². The van der Waals surface area contributed by atoms with Gasteiger partial charge >= 0.3 is 5.00 Å². The first kappa shape index (κ1) is 15.1. The zero-order chi connectivity index (χ0) is 13.5. The van der Waals surface area contributed by atoms with Gasteiger partial charge in [-0.1, -0.05) is 25.2 Å². The summed E-state index contributed by atoms with van der Waals surface area (Å²) in [7, 11) is 0. The molecule has 0 spiro atoms. The maximum absolute atomic E-state index is 10.6. The molecule has 1 heterocycles. The minimum Gasteiger partial charge on any atom is -0.380 e. The van der Waals surface area contributed by atoms with Crippen LogP contribution in [0.1, 0.15) is 26.3 Å². The van der Waals surface area contributed by atoms with Crippen LogP contribution >= 0.6 is 11.3 Å². The number of ether oxygens (including phenoxy) is 1. The molecule has 0 saturated carbocycles. The number of nitrogens with one attached hydrogen (secondary N) is 1. The number of nitrogens with zero attached hydrogens (tertiary/aromatic N) is 1. The van der Waals surface area contributed by atoms with Crippen molar-refractivity contribution in [3.63, 3.8) is 0 Å². The van der Waals surface area contributed by atoms with Crippen LogP contribution < -0.4 is 5.32 Å². The number of rotatable bonds is 8. The van der Waals surface area contributed by atoms with Gasteiger partial charge in [0.2, 0.25) is 0 Å². The molecule has 1 rings (SSSR count). The smallest absolute Gasteiger partial charge is 0.324 e. The highest BCUT2D eigenvalue weighted by Crippen LogP contribution is 2.22. The first-order chi connectivity index (χ1) is 8.54. The van der Waals surface area contributed by atoms with E-state index in [2.05, 4.69) is 19.2 Å². The van der Waals surface area contributed by atoms with E-state index in [9.17, 15) is 10.1 Å². The van der Waals surface area contributed by atoms with Crippen LogP contribution in [-0.4, -0.2) is 24.2 Å². The highest BCUT2D eigenvalue weighted by Gasteiger charge is 2.14. The van der Waals surface area contributed by atoms with Crippen molar-refractivity contribution in [1.29, 1.82) is 0 Å². The van der Waals surface area contributed by atoms with Gasteiger partial charge in [-0.05, 0) is 18.4 Å². The van der Waals surface area contributed by atoms with Crippen molar-refractivity contribution in [3.05, 3.63) is 27.1 Å². The van der Waals surface area contributed by atoms with Crippen molar-refractivity contribution in [2.24, 2.45) is 5.92 Å². The summed E-state index contributed by atoms with van der Waals surface area (Å²) >= 11 is 1.17. The van der Waals surface area contributed by atoms with Crippen molar-refractivity contribution >= 4 is 16.3 Å². The fourth-order valence-corrected chi connectivity index (χ4v) is 2.26. The molecule has 1 aromatic rings. The zero-order valence-electron chi connectivity index (χ0n) is 11.0. The normalized spacial score (nSPS) is 12.9. The first-order valence-electron chi connectivity index (χ1n) is 6.07. The molecular weight excluding hydrogens is 252 g/mol. The molecule has 0 amide bonds. The van der Waals surface area contributed by atoms with E-state index in [-0.39, 0.29) is 16.0 Å². The minimum absolute atomic E-state index is 0.192. The fraction of sp³-hybridized carbons (Fsp3) is 0.667. The first-order valence-corrected chi connectivity index (χ1v) is 6.95. The number of thiophene rings is 1. The Hall–Kier alpha value is -0.980. The average Bonchev–Trinajstić information content (AvgIpc) is 2.77. The van der Waals surface area contributed by atoms with Crippen LogP contribution in [0.25, 0.3) is 0 Å². The monoisotopic (exact) mass is 272 g/mol. The van der Waals surface area contributed by atoms with E-state index in [4.69, 9.17) is 4.74 Å². The molecule has 0 fully saturated rings. The van der Waals surface area contributed by atoms with Gasteiger partial charge in [-0.2, -0.15) is 0 Å². The molecule has 0 aromatic carbocycles. The lowest BCUT2D eigenvalue weighted by Crippen LogP contribution is -2.37. The van der Waals surface area contributed by atoms with Gasteiger partial charge in [0.1, 0.15) is 0 Å². The van der Waals surface area contributed by atoms with E-state index in [0.29, 0.717) is 25.7 Å². The number of hydrogen-bond acceptors (Lipinski definition) is 5. The molecule has 1 aromatic heterocycles. The van der Waals surface area contributed by atoms with Crippen LogP contribution in [0.15, 0.2) is 11.4 Å². The minimum atomic E-state index is -0.353. The van der Waals surface area contributed by atoms with Crippen LogP contribution in [0.5, 0.6) is 0 Å². The van der Waals surface area contributed by atoms with Gasteiger partial charge in [0.25, 0.3) is 0 Å². The van der Waals surface area contributed by atoms with E-state index in [0.717, 1.165) is 5.56 Å². The Bertz CT molecular complexity index is 379. The Kier molecular flexibility index (Phi) is 6.24. The second-order valence-corrected chi connectivity index (χ2v) is 5.33. The van der Waals surface area contributed by atoms with Gasteiger partial charge in [-0.25, -0.2) is 0 Å². The molecule has 5 nitrogen and oxygen atoms in total. The van der Waals surface area contributed by atoms with Crippen molar-refractivity contribution in [1.82, 2.24) is 5.32 Å².